The van der Waals surface area contributed by atoms with E-state index in [4.69, 9.17) is 0 Å². The maximum absolute atomic E-state index is 4.06. The van der Waals surface area contributed by atoms with Gasteiger partial charge in [0.15, 0.2) is 0 Å². The first-order valence-electron chi connectivity index (χ1n) is 4.81. The van der Waals surface area contributed by atoms with Crippen molar-refractivity contribution in [3.8, 4) is 0 Å². The summed E-state index contributed by atoms with van der Waals surface area (Å²) < 4.78 is 0. The molecule has 1 heterocycles. The Bertz CT molecular complexity index is 264. The molecule has 0 spiro atoms. The zero-order valence-electron chi connectivity index (χ0n) is 8.21. The van der Waals surface area contributed by atoms with E-state index in [1.807, 2.05) is 11.7 Å². The van der Waals surface area contributed by atoms with Crippen molar-refractivity contribution in [1.82, 2.24) is 10.3 Å². The number of hydrogen-bond acceptors (Lipinski definition) is 3. The third-order valence-electron chi connectivity index (χ3n) is 3.15. The molecule has 1 atom stereocenters. The minimum absolute atomic E-state index is 0.574. The molecule has 0 amide bonds. The molecule has 1 aliphatic rings. The fourth-order valence-corrected chi connectivity index (χ4v) is 2.01. The van der Waals surface area contributed by atoms with Crippen molar-refractivity contribution in [1.29, 1.82) is 0 Å². The summed E-state index contributed by atoms with van der Waals surface area (Å²) in [5, 5.41) is 3.56. The van der Waals surface area contributed by atoms with E-state index >= 15 is 0 Å². The molecule has 1 fully saturated rings. The van der Waals surface area contributed by atoms with E-state index in [0.29, 0.717) is 11.5 Å². The predicted molar refractivity (Wildman–Crippen MR) is 55.8 cm³/mol. The van der Waals surface area contributed by atoms with Crippen LogP contribution in [0.25, 0.3) is 0 Å². The number of thiazole rings is 1. The zero-order chi connectivity index (χ0) is 9.31. The van der Waals surface area contributed by atoms with E-state index in [9.17, 15) is 0 Å². The van der Waals surface area contributed by atoms with Crippen LogP contribution in [0.15, 0.2) is 11.7 Å². The summed E-state index contributed by atoms with van der Waals surface area (Å²) in [6, 6.07) is 0.634. The van der Waals surface area contributed by atoms with E-state index in [-0.39, 0.29) is 0 Å². The summed E-state index contributed by atoms with van der Waals surface area (Å²) in [5.41, 5.74) is 2.46. The summed E-state index contributed by atoms with van der Waals surface area (Å²) >= 11 is 1.72. The fourth-order valence-electron chi connectivity index (χ4n) is 1.46. The lowest BCUT2D eigenvalue weighted by Gasteiger charge is -2.19. The Morgan fingerprint density at radius 2 is 2.46 bits per heavy atom. The molecular formula is C10H16N2S. The molecule has 13 heavy (non-hydrogen) atoms. The highest BCUT2D eigenvalue weighted by atomic mass is 32.1. The van der Waals surface area contributed by atoms with Gasteiger partial charge in [0.05, 0.1) is 5.51 Å². The lowest BCUT2D eigenvalue weighted by atomic mass is 10.0. The molecule has 0 radical (unpaired) electrons. The van der Waals surface area contributed by atoms with Crippen LogP contribution >= 0.6 is 11.3 Å². The highest BCUT2D eigenvalue weighted by Gasteiger charge is 2.42. The van der Waals surface area contributed by atoms with Crippen LogP contribution in [0.4, 0.5) is 0 Å². The number of aromatic nitrogens is 1. The largest absolute Gasteiger partial charge is 0.309 e. The van der Waals surface area contributed by atoms with E-state index in [1.165, 1.54) is 17.7 Å². The predicted octanol–water partition coefficient (Wildman–Crippen LogP) is 2.42. The second-order valence-corrected chi connectivity index (χ2v) is 5.20. The van der Waals surface area contributed by atoms with Gasteiger partial charge >= 0.3 is 0 Å². The first-order valence-corrected chi connectivity index (χ1v) is 5.69. The van der Waals surface area contributed by atoms with Crippen LogP contribution in [0.1, 0.15) is 31.6 Å². The molecule has 0 aliphatic heterocycles. The Kier molecular flexibility index (Phi) is 2.39. The van der Waals surface area contributed by atoms with Crippen molar-refractivity contribution in [3.63, 3.8) is 0 Å². The van der Waals surface area contributed by atoms with Crippen molar-refractivity contribution in [2.45, 2.75) is 39.3 Å². The molecule has 2 nitrogen and oxygen atoms in total. The van der Waals surface area contributed by atoms with Gasteiger partial charge in [-0.25, -0.2) is 0 Å². The van der Waals surface area contributed by atoms with Crippen LogP contribution in [-0.2, 0) is 6.54 Å². The molecule has 2 rings (SSSR count). The molecule has 0 bridgehead atoms. The third-order valence-corrected chi connectivity index (χ3v) is 3.93. The van der Waals surface area contributed by atoms with E-state index in [2.05, 4.69) is 24.1 Å². The normalized spacial score (nSPS) is 21.4. The van der Waals surface area contributed by atoms with Gasteiger partial charge < -0.3 is 5.32 Å². The van der Waals surface area contributed by atoms with Gasteiger partial charge in [-0.3, -0.25) is 4.98 Å². The minimum Gasteiger partial charge on any atom is -0.309 e. The van der Waals surface area contributed by atoms with Gasteiger partial charge in [0.25, 0.3) is 0 Å². The third kappa shape index (κ3) is 2.09. The molecule has 1 aromatic rings. The van der Waals surface area contributed by atoms with Gasteiger partial charge in [-0.05, 0) is 25.2 Å². The van der Waals surface area contributed by atoms with Gasteiger partial charge in [0.1, 0.15) is 0 Å². The molecular weight excluding hydrogens is 180 g/mol. The van der Waals surface area contributed by atoms with Crippen LogP contribution in [0, 0.1) is 5.41 Å². The topological polar surface area (TPSA) is 24.9 Å². The van der Waals surface area contributed by atoms with Gasteiger partial charge in [-0.2, -0.15) is 0 Å². The standard InChI is InChI=1S/C10H16N2S/c1-8(10(2)3-4-10)12-6-9-5-11-7-13-9/h5,7-8,12H,3-4,6H2,1-2H3. The van der Waals surface area contributed by atoms with Crippen LogP contribution in [0.5, 0.6) is 0 Å². The second-order valence-electron chi connectivity index (χ2n) is 4.22. The van der Waals surface area contributed by atoms with Crippen LogP contribution in [0.2, 0.25) is 0 Å². The second kappa shape index (κ2) is 3.39. The quantitative estimate of drug-likeness (QED) is 0.800. The molecule has 1 saturated carbocycles. The first kappa shape index (κ1) is 9.16. The van der Waals surface area contributed by atoms with Gasteiger partial charge in [0.2, 0.25) is 0 Å². The smallest absolute Gasteiger partial charge is 0.0794 e. The van der Waals surface area contributed by atoms with Crippen molar-refractivity contribution < 1.29 is 0 Å². The average Bonchev–Trinajstić information content (AvgIpc) is 2.70. The molecule has 1 N–H and O–H groups in total. The first-order chi connectivity index (χ1) is 6.21. The average molecular weight is 196 g/mol. The Hall–Kier alpha value is -0.410. The van der Waals surface area contributed by atoms with Crippen molar-refractivity contribution in [2.75, 3.05) is 0 Å². The molecule has 0 saturated heterocycles. The van der Waals surface area contributed by atoms with Crippen molar-refractivity contribution in [2.24, 2.45) is 5.41 Å². The molecule has 1 aromatic heterocycles. The minimum atomic E-state index is 0.574. The Morgan fingerprint density at radius 3 is 3.00 bits per heavy atom. The molecule has 3 heteroatoms. The zero-order valence-corrected chi connectivity index (χ0v) is 9.03. The summed E-state index contributed by atoms with van der Waals surface area (Å²) in [7, 11) is 0. The maximum atomic E-state index is 4.06. The molecule has 1 unspecified atom stereocenters. The summed E-state index contributed by atoms with van der Waals surface area (Å²) in [6.07, 6.45) is 4.70. The van der Waals surface area contributed by atoms with Gasteiger partial charge in [0, 0.05) is 23.7 Å². The number of hydrogen-bond donors (Lipinski definition) is 1. The number of rotatable bonds is 4. The lowest BCUT2D eigenvalue weighted by Crippen LogP contribution is -2.32. The van der Waals surface area contributed by atoms with Crippen LogP contribution in [-0.4, -0.2) is 11.0 Å². The SMILES string of the molecule is CC(NCc1cncs1)C1(C)CC1. The van der Waals surface area contributed by atoms with Gasteiger partial charge in [-0.15, -0.1) is 11.3 Å². The van der Waals surface area contributed by atoms with Gasteiger partial charge in [-0.1, -0.05) is 6.92 Å². The fraction of sp³-hybridized carbons (Fsp3) is 0.700. The van der Waals surface area contributed by atoms with E-state index in [1.54, 1.807) is 11.3 Å². The molecule has 0 aromatic carbocycles. The Morgan fingerprint density at radius 1 is 1.69 bits per heavy atom. The number of nitrogens with zero attached hydrogens (tertiary/aromatic N) is 1. The van der Waals surface area contributed by atoms with E-state index < -0.39 is 0 Å². The maximum Gasteiger partial charge on any atom is 0.0794 e. The Labute approximate surface area is 83.4 Å². The van der Waals surface area contributed by atoms with E-state index in [0.717, 1.165) is 6.54 Å². The number of nitrogens with one attached hydrogen (secondary N) is 1. The lowest BCUT2D eigenvalue weighted by molar-refractivity contribution is 0.381. The summed E-state index contributed by atoms with van der Waals surface area (Å²) in [5.74, 6) is 0. The van der Waals surface area contributed by atoms with Crippen LogP contribution in [0.3, 0.4) is 0 Å². The summed E-state index contributed by atoms with van der Waals surface area (Å²) in [6.45, 7) is 5.62. The summed E-state index contributed by atoms with van der Waals surface area (Å²) in [4.78, 5) is 5.39. The highest BCUT2D eigenvalue weighted by Crippen LogP contribution is 2.47. The van der Waals surface area contributed by atoms with Crippen molar-refractivity contribution >= 4 is 11.3 Å². The highest BCUT2D eigenvalue weighted by molar-refractivity contribution is 7.09. The molecule has 72 valence electrons. The molecule has 1 aliphatic carbocycles. The monoisotopic (exact) mass is 196 g/mol. The van der Waals surface area contributed by atoms with Crippen molar-refractivity contribution in [3.05, 3.63) is 16.6 Å². The Balaban J connectivity index is 1.79. The van der Waals surface area contributed by atoms with Crippen LogP contribution < -0.4 is 5.32 Å².